The Morgan fingerprint density at radius 1 is 0.875 bits per heavy atom. The minimum Gasteiger partial charge on any atom is -0.344 e. The van der Waals surface area contributed by atoms with E-state index in [4.69, 9.17) is 21.0 Å². The van der Waals surface area contributed by atoms with Crippen molar-refractivity contribution in [2.75, 3.05) is 19.6 Å². The highest BCUT2D eigenvalue weighted by molar-refractivity contribution is 5.15. The Kier molecular flexibility index (Phi) is 4.42. The van der Waals surface area contributed by atoms with Crippen LogP contribution in [-0.4, -0.2) is 29.7 Å². The van der Waals surface area contributed by atoms with Crippen molar-refractivity contribution >= 4 is 0 Å². The van der Waals surface area contributed by atoms with E-state index in [2.05, 4.69) is 6.07 Å². The van der Waals surface area contributed by atoms with E-state index in [1.165, 1.54) is 0 Å². The highest BCUT2D eigenvalue weighted by atomic mass is 15.4. The normalized spacial score (nSPS) is 15.5. The van der Waals surface area contributed by atoms with Crippen LogP contribution in [0.3, 0.4) is 0 Å². The predicted molar refractivity (Wildman–Crippen MR) is 54.3 cm³/mol. The largest absolute Gasteiger partial charge is 0.344 e. The lowest BCUT2D eigenvalue weighted by molar-refractivity contribution is -0.935. The third kappa shape index (κ3) is 1.95. The average Bonchev–Trinajstić information content (AvgIpc) is 2.99. The van der Waals surface area contributed by atoms with Gasteiger partial charge in [0, 0.05) is 12.8 Å². The van der Waals surface area contributed by atoms with Crippen molar-refractivity contribution < 1.29 is 4.48 Å². The average molecular weight is 217 g/mol. The monoisotopic (exact) mass is 217 g/mol. The summed E-state index contributed by atoms with van der Waals surface area (Å²) in [6.07, 6.45) is 1.35. The topological polar surface area (TPSA) is 130 Å². The minimum absolute atomic E-state index is 0. The summed E-state index contributed by atoms with van der Waals surface area (Å²) < 4.78 is -0.00694. The summed E-state index contributed by atoms with van der Waals surface area (Å²) in [5, 5.41) is 35.3. The molecule has 0 aliphatic heterocycles. The number of rotatable bonds is 4. The second-order valence-electron chi connectivity index (χ2n) is 3.74. The molecule has 0 aromatic carbocycles. The van der Waals surface area contributed by atoms with Crippen LogP contribution in [0.5, 0.6) is 0 Å². The fourth-order valence-corrected chi connectivity index (χ4v) is 1.84. The van der Waals surface area contributed by atoms with Crippen LogP contribution in [-0.2, 0) is 0 Å². The quantitative estimate of drug-likeness (QED) is 0.544. The fourth-order valence-electron chi connectivity index (χ4n) is 1.84. The number of quaternary nitrogens is 1. The number of nitrogens with zero attached hydrogens (tertiary/aromatic N) is 5. The molecule has 0 spiro atoms. The van der Waals surface area contributed by atoms with Gasteiger partial charge in [0.25, 0.3) is 0 Å². The molecule has 0 bridgehead atoms. The first-order chi connectivity index (χ1) is 7.20. The Labute approximate surface area is 94.7 Å². The molecule has 6 nitrogen and oxygen atoms in total. The van der Waals surface area contributed by atoms with Gasteiger partial charge in [0.2, 0.25) is 0 Å². The highest BCUT2D eigenvalue weighted by Gasteiger charge is 2.61. The Hall–Kier alpha value is -2.12. The first-order valence-corrected chi connectivity index (χ1v) is 4.58. The molecule has 6 heteroatoms. The molecule has 0 radical (unpaired) electrons. The Morgan fingerprint density at radius 3 is 1.44 bits per heavy atom. The van der Waals surface area contributed by atoms with Gasteiger partial charge >= 0.3 is 0 Å². The van der Waals surface area contributed by atoms with Crippen LogP contribution in [0.25, 0.3) is 0 Å². The molecule has 1 aliphatic rings. The van der Waals surface area contributed by atoms with Crippen molar-refractivity contribution in [2.45, 2.75) is 18.4 Å². The smallest absolute Gasteiger partial charge is 0.189 e. The fraction of sp³-hybridized carbons (Fsp3) is 0.600. The van der Waals surface area contributed by atoms with Gasteiger partial charge in [-0.15, -0.1) is 0 Å². The standard InChI is InChI=1S/C10H10N5.H3N/c11-3-6-15(7-4-12,8-5-13)10(9-14)1-2-10;/h1-2,6-8H2;1H3/q+1;. The maximum absolute atomic E-state index is 9.08. The zero-order chi connectivity index (χ0) is 11.4. The zero-order valence-corrected chi connectivity index (χ0v) is 8.98. The SMILES string of the molecule is N.N#CC[N+](CC#N)(CC#N)C1(C#N)CC1. The van der Waals surface area contributed by atoms with Gasteiger partial charge < -0.3 is 6.15 Å². The van der Waals surface area contributed by atoms with Gasteiger partial charge in [-0.1, -0.05) is 0 Å². The van der Waals surface area contributed by atoms with Gasteiger partial charge in [0.15, 0.2) is 25.2 Å². The lowest BCUT2D eigenvalue weighted by Crippen LogP contribution is -2.57. The summed E-state index contributed by atoms with van der Waals surface area (Å²) in [5.41, 5.74) is -0.665. The molecule has 0 saturated heterocycles. The van der Waals surface area contributed by atoms with Gasteiger partial charge in [-0.3, -0.25) is 4.48 Å². The molecular weight excluding hydrogens is 204 g/mol. The number of hydrogen-bond acceptors (Lipinski definition) is 5. The molecule has 0 atom stereocenters. The molecule has 1 rings (SSSR count). The molecule has 16 heavy (non-hydrogen) atoms. The summed E-state index contributed by atoms with van der Waals surface area (Å²) in [6.45, 7) is 0.151. The van der Waals surface area contributed by atoms with Gasteiger partial charge in [-0.25, -0.2) is 0 Å². The summed E-state index contributed by atoms with van der Waals surface area (Å²) >= 11 is 0. The molecule has 3 N–H and O–H groups in total. The van der Waals surface area contributed by atoms with Crippen LogP contribution in [0, 0.1) is 45.3 Å². The van der Waals surface area contributed by atoms with E-state index < -0.39 is 5.54 Å². The summed E-state index contributed by atoms with van der Waals surface area (Å²) in [6, 6.07) is 8.10. The van der Waals surface area contributed by atoms with E-state index in [0.717, 1.165) is 0 Å². The first-order valence-electron chi connectivity index (χ1n) is 4.58. The van der Waals surface area contributed by atoms with E-state index >= 15 is 0 Å². The number of hydrogen-bond donors (Lipinski definition) is 1. The Bertz CT molecular complexity index is 368. The number of nitriles is 4. The summed E-state index contributed by atoms with van der Waals surface area (Å²) in [5.74, 6) is 0. The highest BCUT2D eigenvalue weighted by Crippen LogP contribution is 2.46. The van der Waals surface area contributed by atoms with E-state index in [9.17, 15) is 0 Å². The molecule has 1 fully saturated rings. The van der Waals surface area contributed by atoms with Crippen molar-refractivity contribution in [3.05, 3.63) is 0 Å². The molecular formula is C10H13N6+. The van der Waals surface area contributed by atoms with Crippen molar-refractivity contribution in [2.24, 2.45) is 0 Å². The summed E-state index contributed by atoms with van der Waals surface area (Å²) in [4.78, 5) is 0. The van der Waals surface area contributed by atoms with Crippen molar-refractivity contribution in [3.8, 4) is 24.3 Å². The lowest BCUT2D eigenvalue weighted by atomic mass is 10.1. The predicted octanol–water partition coefficient (Wildman–Crippen LogP) is 0.592. The van der Waals surface area contributed by atoms with E-state index in [-0.39, 0.29) is 30.3 Å². The molecule has 1 aliphatic carbocycles. The second kappa shape index (κ2) is 5.10. The summed E-state index contributed by atoms with van der Waals surface area (Å²) in [7, 11) is 0. The molecule has 0 unspecified atom stereocenters. The van der Waals surface area contributed by atoms with Crippen molar-refractivity contribution in [1.29, 1.82) is 21.0 Å². The van der Waals surface area contributed by atoms with Gasteiger partial charge in [0.1, 0.15) is 24.3 Å². The molecule has 82 valence electrons. The van der Waals surface area contributed by atoms with Crippen molar-refractivity contribution in [1.82, 2.24) is 6.15 Å². The molecule has 1 saturated carbocycles. The van der Waals surface area contributed by atoms with Crippen LogP contribution in [0.4, 0.5) is 0 Å². The second-order valence-corrected chi connectivity index (χ2v) is 3.74. The molecule has 0 aromatic heterocycles. The minimum atomic E-state index is -0.665. The maximum Gasteiger partial charge on any atom is 0.189 e. The van der Waals surface area contributed by atoms with Gasteiger partial charge in [-0.05, 0) is 0 Å². The van der Waals surface area contributed by atoms with E-state index in [1.807, 2.05) is 18.2 Å². The van der Waals surface area contributed by atoms with Crippen molar-refractivity contribution in [3.63, 3.8) is 0 Å². The first kappa shape index (κ1) is 13.9. The third-order valence-electron chi connectivity index (χ3n) is 2.96. The Morgan fingerprint density at radius 2 is 1.25 bits per heavy atom. The zero-order valence-electron chi connectivity index (χ0n) is 8.98. The molecule has 0 heterocycles. The maximum atomic E-state index is 9.08. The van der Waals surface area contributed by atoms with Crippen LogP contribution in [0.2, 0.25) is 0 Å². The van der Waals surface area contributed by atoms with E-state index in [0.29, 0.717) is 12.8 Å². The van der Waals surface area contributed by atoms with E-state index in [1.54, 1.807) is 0 Å². The molecule has 0 amide bonds. The lowest BCUT2D eigenvalue weighted by Gasteiger charge is -2.36. The van der Waals surface area contributed by atoms with Crippen LogP contribution < -0.4 is 6.15 Å². The van der Waals surface area contributed by atoms with Gasteiger partial charge in [0.05, 0.1) is 0 Å². The third-order valence-corrected chi connectivity index (χ3v) is 2.96. The van der Waals surface area contributed by atoms with Crippen LogP contribution in [0.15, 0.2) is 0 Å². The van der Waals surface area contributed by atoms with Crippen LogP contribution in [0.1, 0.15) is 12.8 Å². The van der Waals surface area contributed by atoms with Gasteiger partial charge in [-0.2, -0.15) is 21.0 Å². The van der Waals surface area contributed by atoms with Crippen LogP contribution >= 0.6 is 0 Å². The Balaban J connectivity index is 0.00000225. The molecule has 0 aromatic rings.